The van der Waals surface area contributed by atoms with Crippen molar-refractivity contribution in [2.24, 2.45) is 0 Å². The van der Waals surface area contributed by atoms with Crippen molar-refractivity contribution in [1.82, 2.24) is 4.90 Å². The highest BCUT2D eigenvalue weighted by atomic mass is 16.5. The van der Waals surface area contributed by atoms with Crippen LogP contribution in [0.2, 0.25) is 0 Å². The molecule has 0 aliphatic carbocycles. The highest BCUT2D eigenvalue weighted by molar-refractivity contribution is 5.76. The lowest BCUT2D eigenvalue weighted by Crippen LogP contribution is -2.48. The van der Waals surface area contributed by atoms with Gasteiger partial charge in [0.2, 0.25) is 5.91 Å². The first-order chi connectivity index (χ1) is 14.6. The number of nitriles is 1. The van der Waals surface area contributed by atoms with Crippen LogP contribution in [0.1, 0.15) is 18.4 Å². The lowest BCUT2D eigenvalue weighted by molar-refractivity contribution is -0.131. The third kappa shape index (κ3) is 5.35. The van der Waals surface area contributed by atoms with Gasteiger partial charge in [-0.3, -0.25) is 4.79 Å². The first kappa shape index (κ1) is 21.3. The van der Waals surface area contributed by atoms with Gasteiger partial charge in [0.25, 0.3) is 0 Å². The SMILES string of the molecule is COc1ccc(N2CCN(C(=O)CCCOc3ccc(C#N)cc3OC)CC2)cc1. The van der Waals surface area contributed by atoms with Crippen LogP contribution in [0, 0.1) is 11.3 Å². The molecule has 0 saturated carbocycles. The molecule has 1 aliphatic heterocycles. The Morgan fingerprint density at radius 3 is 2.37 bits per heavy atom. The molecule has 0 spiro atoms. The topological polar surface area (TPSA) is 75.0 Å². The van der Waals surface area contributed by atoms with Gasteiger partial charge >= 0.3 is 0 Å². The molecule has 158 valence electrons. The van der Waals surface area contributed by atoms with Gasteiger partial charge < -0.3 is 24.0 Å². The van der Waals surface area contributed by atoms with Gasteiger partial charge in [0, 0.05) is 44.4 Å². The Hall–Kier alpha value is -3.40. The van der Waals surface area contributed by atoms with E-state index >= 15 is 0 Å². The van der Waals surface area contributed by atoms with E-state index in [1.54, 1.807) is 32.4 Å². The predicted molar refractivity (Wildman–Crippen MR) is 114 cm³/mol. The molecular formula is C23H27N3O4. The molecule has 1 saturated heterocycles. The fraction of sp³-hybridized carbons (Fsp3) is 0.391. The van der Waals surface area contributed by atoms with Crippen LogP contribution in [-0.4, -0.2) is 57.8 Å². The fourth-order valence-electron chi connectivity index (χ4n) is 3.43. The maximum absolute atomic E-state index is 12.5. The minimum absolute atomic E-state index is 0.153. The maximum Gasteiger partial charge on any atom is 0.222 e. The van der Waals surface area contributed by atoms with Crippen molar-refractivity contribution in [3.8, 4) is 23.3 Å². The number of hydrogen-bond donors (Lipinski definition) is 0. The normalized spacial score (nSPS) is 13.5. The number of ether oxygens (including phenoxy) is 3. The first-order valence-corrected chi connectivity index (χ1v) is 10.0. The lowest BCUT2D eigenvalue weighted by atomic mass is 10.2. The van der Waals surface area contributed by atoms with E-state index in [-0.39, 0.29) is 5.91 Å². The van der Waals surface area contributed by atoms with E-state index in [4.69, 9.17) is 19.5 Å². The number of hydrogen-bond acceptors (Lipinski definition) is 6. The molecule has 7 heteroatoms. The van der Waals surface area contributed by atoms with Gasteiger partial charge in [0.15, 0.2) is 11.5 Å². The van der Waals surface area contributed by atoms with Gasteiger partial charge in [-0.2, -0.15) is 5.26 Å². The molecule has 0 unspecified atom stereocenters. The van der Waals surface area contributed by atoms with E-state index in [2.05, 4.69) is 11.0 Å². The summed E-state index contributed by atoms with van der Waals surface area (Å²) >= 11 is 0. The number of methoxy groups -OCH3 is 2. The first-order valence-electron chi connectivity index (χ1n) is 10.0. The van der Waals surface area contributed by atoms with Crippen molar-refractivity contribution in [2.45, 2.75) is 12.8 Å². The van der Waals surface area contributed by atoms with Gasteiger partial charge in [-0.1, -0.05) is 0 Å². The molecule has 1 heterocycles. The van der Waals surface area contributed by atoms with Crippen LogP contribution in [0.15, 0.2) is 42.5 Å². The van der Waals surface area contributed by atoms with Crippen molar-refractivity contribution >= 4 is 11.6 Å². The number of rotatable bonds is 8. The zero-order valence-corrected chi connectivity index (χ0v) is 17.5. The van der Waals surface area contributed by atoms with E-state index in [9.17, 15) is 4.79 Å². The standard InChI is InChI=1S/C23H27N3O4/c1-28-20-8-6-19(7-9-20)25-11-13-26(14-12-25)23(27)4-3-15-30-21-10-5-18(17-24)16-22(21)29-2/h5-10,16H,3-4,11-15H2,1-2H3. The van der Waals surface area contributed by atoms with Crippen molar-refractivity contribution in [3.05, 3.63) is 48.0 Å². The molecule has 0 N–H and O–H groups in total. The van der Waals surface area contributed by atoms with Crippen molar-refractivity contribution in [2.75, 3.05) is 51.9 Å². The molecule has 2 aromatic carbocycles. The summed E-state index contributed by atoms with van der Waals surface area (Å²) < 4.78 is 16.2. The van der Waals surface area contributed by atoms with Gasteiger partial charge in [-0.15, -0.1) is 0 Å². The quantitative estimate of drug-likeness (QED) is 0.624. The number of amides is 1. The molecular weight excluding hydrogens is 382 g/mol. The van der Waals surface area contributed by atoms with E-state index in [0.29, 0.717) is 36.5 Å². The molecule has 0 aromatic heterocycles. The van der Waals surface area contributed by atoms with Gasteiger partial charge in [-0.25, -0.2) is 0 Å². The van der Waals surface area contributed by atoms with Crippen molar-refractivity contribution < 1.29 is 19.0 Å². The molecule has 7 nitrogen and oxygen atoms in total. The molecule has 30 heavy (non-hydrogen) atoms. The number of carbonyl (C=O) groups excluding carboxylic acids is 1. The number of carbonyl (C=O) groups is 1. The van der Waals surface area contributed by atoms with Crippen LogP contribution in [0.3, 0.4) is 0 Å². The molecule has 3 rings (SSSR count). The van der Waals surface area contributed by atoms with Crippen molar-refractivity contribution in [1.29, 1.82) is 5.26 Å². The number of anilines is 1. The van der Waals surface area contributed by atoms with Gasteiger partial charge in [0.1, 0.15) is 5.75 Å². The Morgan fingerprint density at radius 2 is 1.73 bits per heavy atom. The molecule has 0 radical (unpaired) electrons. The van der Waals surface area contributed by atoms with Gasteiger partial charge in [-0.05, 0) is 42.8 Å². The fourth-order valence-corrected chi connectivity index (χ4v) is 3.43. The molecule has 0 atom stereocenters. The Balaban J connectivity index is 1.40. The molecule has 0 bridgehead atoms. The van der Waals surface area contributed by atoms with E-state index in [1.165, 1.54) is 0 Å². The summed E-state index contributed by atoms with van der Waals surface area (Å²) in [5.41, 5.74) is 1.66. The summed E-state index contributed by atoms with van der Waals surface area (Å²) in [6.45, 7) is 3.48. The molecule has 1 fully saturated rings. The number of piperazine rings is 1. The highest BCUT2D eigenvalue weighted by Crippen LogP contribution is 2.28. The summed E-state index contributed by atoms with van der Waals surface area (Å²) in [5.74, 6) is 2.10. The minimum atomic E-state index is 0.153. The van der Waals surface area contributed by atoms with Crippen LogP contribution >= 0.6 is 0 Å². The second-order valence-electron chi connectivity index (χ2n) is 7.00. The number of benzene rings is 2. The second kappa shape index (κ2) is 10.4. The average Bonchev–Trinajstić information content (AvgIpc) is 2.81. The summed E-state index contributed by atoms with van der Waals surface area (Å²) in [5, 5.41) is 8.95. The van der Waals surface area contributed by atoms with Crippen LogP contribution in [0.5, 0.6) is 17.2 Å². The third-order valence-corrected chi connectivity index (χ3v) is 5.16. The Kier molecular flexibility index (Phi) is 7.39. The predicted octanol–water partition coefficient (Wildman–Crippen LogP) is 3.08. The number of nitrogens with zero attached hydrogens (tertiary/aromatic N) is 3. The zero-order chi connectivity index (χ0) is 21.3. The minimum Gasteiger partial charge on any atom is -0.497 e. The smallest absolute Gasteiger partial charge is 0.222 e. The summed E-state index contributed by atoms with van der Waals surface area (Å²) in [6.07, 6.45) is 1.07. The monoisotopic (exact) mass is 409 g/mol. The largest absolute Gasteiger partial charge is 0.497 e. The van der Waals surface area contributed by atoms with Crippen LogP contribution < -0.4 is 19.1 Å². The van der Waals surface area contributed by atoms with E-state index < -0.39 is 0 Å². The Bertz CT molecular complexity index is 884. The molecule has 2 aromatic rings. The molecule has 1 amide bonds. The van der Waals surface area contributed by atoms with Crippen LogP contribution in [0.25, 0.3) is 0 Å². The Morgan fingerprint density at radius 1 is 1.00 bits per heavy atom. The van der Waals surface area contributed by atoms with E-state index in [1.807, 2.05) is 29.2 Å². The van der Waals surface area contributed by atoms with Gasteiger partial charge in [0.05, 0.1) is 32.5 Å². The van der Waals surface area contributed by atoms with E-state index in [0.717, 1.165) is 37.6 Å². The maximum atomic E-state index is 12.5. The highest BCUT2D eigenvalue weighted by Gasteiger charge is 2.21. The summed E-state index contributed by atoms with van der Waals surface area (Å²) in [4.78, 5) is 16.7. The summed E-state index contributed by atoms with van der Waals surface area (Å²) in [7, 11) is 3.20. The van der Waals surface area contributed by atoms with Crippen LogP contribution in [-0.2, 0) is 4.79 Å². The Labute approximate surface area is 177 Å². The average molecular weight is 409 g/mol. The molecule has 1 aliphatic rings. The third-order valence-electron chi connectivity index (χ3n) is 5.16. The summed E-state index contributed by atoms with van der Waals surface area (Å²) in [6, 6.07) is 15.1. The van der Waals surface area contributed by atoms with Crippen molar-refractivity contribution in [3.63, 3.8) is 0 Å². The van der Waals surface area contributed by atoms with Crippen LogP contribution in [0.4, 0.5) is 5.69 Å². The zero-order valence-electron chi connectivity index (χ0n) is 17.5. The second-order valence-corrected chi connectivity index (χ2v) is 7.00. The lowest BCUT2D eigenvalue weighted by Gasteiger charge is -2.36.